The van der Waals surface area contributed by atoms with Crippen molar-refractivity contribution < 1.29 is 5.11 Å². The molecule has 0 atom stereocenters. The molecule has 6 heteroatoms. The zero-order chi connectivity index (χ0) is 12.1. The van der Waals surface area contributed by atoms with E-state index in [1.54, 1.807) is 17.0 Å². The van der Waals surface area contributed by atoms with Gasteiger partial charge in [-0.2, -0.15) is 0 Å². The number of hydrogen-bond acceptors (Lipinski definition) is 5. The minimum Gasteiger partial charge on any atom is -0.393 e. The second-order valence-electron chi connectivity index (χ2n) is 4.44. The third kappa shape index (κ3) is 3.34. The summed E-state index contributed by atoms with van der Waals surface area (Å²) in [5.74, 6) is 0.249. The number of rotatable bonds is 5. The van der Waals surface area contributed by atoms with Crippen LogP contribution in [-0.4, -0.2) is 45.3 Å². The van der Waals surface area contributed by atoms with Crippen molar-refractivity contribution in [2.75, 3.05) is 19.6 Å². The van der Waals surface area contributed by atoms with Crippen molar-refractivity contribution in [3.8, 4) is 0 Å². The van der Waals surface area contributed by atoms with Crippen LogP contribution in [0.3, 0.4) is 0 Å². The summed E-state index contributed by atoms with van der Waals surface area (Å²) >= 11 is 0. The van der Waals surface area contributed by atoms with Gasteiger partial charge in [-0.15, -0.1) is 4.91 Å². The Bertz CT molecular complexity index is 358. The van der Waals surface area contributed by atoms with Crippen LogP contribution in [0.1, 0.15) is 19.3 Å². The number of nitrogens with zero attached hydrogens (tertiary/aromatic N) is 4. The number of imidazole rings is 1. The molecular weight excluding hydrogens is 220 g/mol. The molecule has 6 nitrogen and oxygen atoms in total. The van der Waals surface area contributed by atoms with Crippen LogP contribution in [0.15, 0.2) is 17.6 Å². The van der Waals surface area contributed by atoms with Crippen LogP contribution in [0.2, 0.25) is 0 Å². The molecule has 0 spiro atoms. The summed E-state index contributed by atoms with van der Waals surface area (Å²) < 4.78 is 1.77. The minimum absolute atomic E-state index is 0.120. The maximum Gasteiger partial charge on any atom is 0.271 e. The van der Waals surface area contributed by atoms with E-state index >= 15 is 0 Å². The van der Waals surface area contributed by atoms with E-state index in [9.17, 15) is 10.0 Å². The van der Waals surface area contributed by atoms with E-state index in [2.05, 4.69) is 15.1 Å². The van der Waals surface area contributed by atoms with Crippen LogP contribution < -0.4 is 0 Å². The summed E-state index contributed by atoms with van der Waals surface area (Å²) in [6.45, 7) is 3.68. The number of aliphatic hydroxyl groups is 1. The lowest BCUT2D eigenvalue weighted by Crippen LogP contribution is -2.36. The zero-order valence-electron chi connectivity index (χ0n) is 9.83. The fourth-order valence-electron chi connectivity index (χ4n) is 2.18. The highest BCUT2D eigenvalue weighted by Crippen LogP contribution is 2.12. The van der Waals surface area contributed by atoms with Crippen molar-refractivity contribution >= 4 is 5.95 Å². The van der Waals surface area contributed by atoms with Crippen LogP contribution >= 0.6 is 0 Å². The highest BCUT2D eigenvalue weighted by atomic mass is 16.3. The van der Waals surface area contributed by atoms with Gasteiger partial charge in [-0.3, -0.25) is 0 Å². The van der Waals surface area contributed by atoms with Crippen molar-refractivity contribution in [1.82, 2.24) is 14.5 Å². The molecule has 0 aliphatic carbocycles. The molecule has 1 fully saturated rings. The van der Waals surface area contributed by atoms with Gasteiger partial charge in [0.25, 0.3) is 5.95 Å². The van der Waals surface area contributed by atoms with Crippen LogP contribution in [0.4, 0.5) is 5.95 Å². The van der Waals surface area contributed by atoms with Crippen molar-refractivity contribution in [2.24, 2.45) is 5.18 Å². The van der Waals surface area contributed by atoms with E-state index in [0.29, 0.717) is 0 Å². The predicted molar refractivity (Wildman–Crippen MR) is 64.0 cm³/mol. The minimum atomic E-state index is -0.120. The molecule has 2 rings (SSSR count). The molecule has 0 aromatic carbocycles. The van der Waals surface area contributed by atoms with E-state index in [1.165, 1.54) is 0 Å². The Hall–Kier alpha value is -1.27. The molecule has 17 heavy (non-hydrogen) atoms. The van der Waals surface area contributed by atoms with Gasteiger partial charge >= 0.3 is 0 Å². The number of hydrogen-bond donors (Lipinski definition) is 1. The number of likely N-dealkylation sites (tertiary alicyclic amines) is 1. The molecule has 1 N–H and O–H groups in total. The van der Waals surface area contributed by atoms with Gasteiger partial charge in [0.1, 0.15) is 0 Å². The summed E-state index contributed by atoms with van der Waals surface area (Å²) in [5.41, 5.74) is 0. The number of piperidine rings is 1. The van der Waals surface area contributed by atoms with E-state index in [-0.39, 0.29) is 12.1 Å². The molecule has 0 saturated carbocycles. The first-order valence-electron chi connectivity index (χ1n) is 6.04. The summed E-state index contributed by atoms with van der Waals surface area (Å²) in [4.78, 5) is 16.6. The van der Waals surface area contributed by atoms with Gasteiger partial charge in [-0.1, -0.05) is 0 Å². The maximum absolute atomic E-state index is 10.4. The highest BCUT2D eigenvalue weighted by Gasteiger charge is 2.16. The summed E-state index contributed by atoms with van der Waals surface area (Å²) in [6, 6.07) is 0. The summed E-state index contributed by atoms with van der Waals surface area (Å²) in [6.07, 6.45) is 5.95. The van der Waals surface area contributed by atoms with E-state index in [4.69, 9.17) is 0 Å². The molecule has 94 valence electrons. The Morgan fingerprint density at radius 1 is 1.41 bits per heavy atom. The molecule has 1 aromatic heterocycles. The fraction of sp³-hybridized carbons (Fsp3) is 0.727. The average molecular weight is 238 g/mol. The van der Waals surface area contributed by atoms with Gasteiger partial charge in [0.2, 0.25) is 0 Å². The molecule has 1 saturated heterocycles. The molecule has 0 radical (unpaired) electrons. The molecule has 0 unspecified atom stereocenters. The highest BCUT2D eigenvalue weighted by molar-refractivity contribution is 5.15. The molecule has 1 aliphatic rings. The Morgan fingerprint density at radius 3 is 2.88 bits per heavy atom. The van der Waals surface area contributed by atoms with Crippen molar-refractivity contribution in [3.05, 3.63) is 17.3 Å². The topological polar surface area (TPSA) is 70.7 Å². The normalized spacial score (nSPS) is 18.4. The van der Waals surface area contributed by atoms with Gasteiger partial charge < -0.3 is 14.6 Å². The van der Waals surface area contributed by atoms with Gasteiger partial charge in [-0.05, 0) is 25.8 Å². The first-order chi connectivity index (χ1) is 8.29. The predicted octanol–water partition coefficient (Wildman–Crippen LogP) is 1.13. The van der Waals surface area contributed by atoms with Crippen LogP contribution in [0.5, 0.6) is 0 Å². The lowest BCUT2D eigenvalue weighted by atomic mass is 10.1. The SMILES string of the molecule is O=Nc1nccn1CCCN1CCC(O)CC1. The molecular formula is C11H18N4O2. The van der Waals surface area contributed by atoms with Gasteiger partial charge in [0.05, 0.1) is 6.10 Å². The molecule has 1 aliphatic heterocycles. The third-order valence-corrected chi connectivity index (χ3v) is 3.21. The monoisotopic (exact) mass is 238 g/mol. The Morgan fingerprint density at radius 2 is 2.18 bits per heavy atom. The summed E-state index contributed by atoms with van der Waals surface area (Å²) in [5, 5.41) is 12.2. The van der Waals surface area contributed by atoms with Crippen LogP contribution in [-0.2, 0) is 6.54 Å². The Kier molecular flexibility index (Phi) is 4.22. The van der Waals surface area contributed by atoms with Gasteiger partial charge in [0.15, 0.2) is 0 Å². The Balaban J connectivity index is 1.71. The third-order valence-electron chi connectivity index (χ3n) is 3.21. The van der Waals surface area contributed by atoms with Crippen LogP contribution in [0, 0.1) is 4.91 Å². The van der Waals surface area contributed by atoms with Crippen molar-refractivity contribution in [2.45, 2.75) is 31.9 Å². The molecule has 2 heterocycles. The molecule has 1 aromatic rings. The second kappa shape index (κ2) is 5.88. The second-order valence-corrected chi connectivity index (χ2v) is 4.44. The largest absolute Gasteiger partial charge is 0.393 e. The van der Waals surface area contributed by atoms with Crippen molar-refractivity contribution in [1.29, 1.82) is 0 Å². The molecule has 0 amide bonds. The lowest BCUT2D eigenvalue weighted by Gasteiger charge is -2.29. The zero-order valence-corrected chi connectivity index (χ0v) is 9.83. The number of aromatic nitrogens is 2. The lowest BCUT2D eigenvalue weighted by molar-refractivity contribution is 0.0815. The smallest absolute Gasteiger partial charge is 0.271 e. The van der Waals surface area contributed by atoms with Gasteiger partial charge in [-0.25, -0.2) is 4.98 Å². The Labute approximate surface area is 100 Å². The molecule has 0 bridgehead atoms. The van der Waals surface area contributed by atoms with Gasteiger partial charge in [0, 0.05) is 37.2 Å². The van der Waals surface area contributed by atoms with Crippen LogP contribution in [0.25, 0.3) is 0 Å². The first-order valence-corrected chi connectivity index (χ1v) is 6.04. The number of aryl methyl sites for hydroxylation is 1. The average Bonchev–Trinajstić information content (AvgIpc) is 2.79. The standard InChI is InChI=1S/C11H18N4O2/c16-10-2-7-14(8-3-10)5-1-6-15-9-4-12-11(15)13-17/h4,9-10,16H,1-3,5-8H2. The van der Waals surface area contributed by atoms with Crippen molar-refractivity contribution in [3.63, 3.8) is 0 Å². The number of nitroso groups, excluding NO2 is 1. The fourth-order valence-corrected chi connectivity index (χ4v) is 2.18. The van der Waals surface area contributed by atoms with E-state index in [0.717, 1.165) is 45.4 Å². The summed E-state index contributed by atoms with van der Waals surface area (Å²) in [7, 11) is 0. The van der Waals surface area contributed by atoms with E-state index in [1.807, 2.05) is 0 Å². The quantitative estimate of drug-likeness (QED) is 0.780. The number of aliphatic hydroxyl groups excluding tert-OH is 1. The maximum atomic E-state index is 10.4. The first kappa shape index (κ1) is 12.2. The van der Waals surface area contributed by atoms with E-state index < -0.39 is 0 Å².